The number of benzene rings is 1. The molecule has 0 fully saturated rings. The van der Waals surface area contributed by atoms with Gasteiger partial charge in [0.2, 0.25) is 6.10 Å². The summed E-state index contributed by atoms with van der Waals surface area (Å²) >= 11 is 5.20. The second-order valence-electron chi connectivity index (χ2n) is 2.48. The normalized spacial score (nSPS) is 11.8. The number of carbonyl (C=O) groups excluding carboxylic acids is 1. The summed E-state index contributed by atoms with van der Waals surface area (Å²) in [6, 6.07) is 8.18. The van der Waals surface area contributed by atoms with Gasteiger partial charge in [-0.05, 0) is 11.6 Å². The van der Waals surface area contributed by atoms with E-state index in [1.54, 1.807) is 30.3 Å². The molecule has 1 N–H and O–H groups in total. The zero-order chi connectivity index (χ0) is 10.6. The first kappa shape index (κ1) is 10.5. The average molecular weight is 215 g/mol. The van der Waals surface area contributed by atoms with Crippen LogP contribution in [0.3, 0.4) is 0 Å². The van der Waals surface area contributed by atoms with Crippen molar-refractivity contribution in [3.05, 3.63) is 35.9 Å². The molecule has 0 saturated heterocycles. The topological polar surface area (TPSA) is 63.6 Å². The molecule has 4 nitrogen and oxygen atoms in total. The minimum atomic E-state index is -1.53. The molecule has 0 saturated carbocycles. The van der Waals surface area contributed by atoms with Gasteiger partial charge in [0.05, 0.1) is 0 Å². The summed E-state index contributed by atoms with van der Waals surface area (Å²) in [6.07, 6.45) is -2.79. The second kappa shape index (κ2) is 4.62. The van der Waals surface area contributed by atoms with E-state index in [9.17, 15) is 9.59 Å². The van der Waals surface area contributed by atoms with Crippen molar-refractivity contribution < 1.29 is 19.4 Å². The molecule has 0 unspecified atom stereocenters. The van der Waals surface area contributed by atoms with Gasteiger partial charge >= 0.3 is 6.16 Å². The molecule has 0 radical (unpaired) electrons. The molecular weight excluding hydrogens is 208 g/mol. The molecule has 5 heteroatoms. The van der Waals surface area contributed by atoms with Crippen LogP contribution in [-0.2, 0) is 9.53 Å². The van der Waals surface area contributed by atoms with Crippen LogP contribution in [0.5, 0.6) is 0 Å². The number of hydrogen-bond acceptors (Lipinski definition) is 3. The molecule has 0 amide bonds. The Bertz CT molecular complexity index is 336. The third-order valence-electron chi connectivity index (χ3n) is 1.53. The Labute approximate surface area is 85.1 Å². The zero-order valence-corrected chi connectivity index (χ0v) is 7.77. The standard InChI is InChI=1S/C9H7ClO4/c10-8(11)7(14-9(12)13)6-4-2-1-3-5-6/h1-5,7H,(H,12,13)/t7-/m1/s1. The summed E-state index contributed by atoms with van der Waals surface area (Å²) in [7, 11) is 0. The molecular formula is C9H7ClO4. The highest BCUT2D eigenvalue weighted by Crippen LogP contribution is 2.19. The lowest BCUT2D eigenvalue weighted by Gasteiger charge is -2.10. The predicted molar refractivity (Wildman–Crippen MR) is 49.2 cm³/mol. The summed E-state index contributed by atoms with van der Waals surface area (Å²) in [6.45, 7) is 0. The lowest BCUT2D eigenvalue weighted by Crippen LogP contribution is -2.14. The molecule has 1 rings (SSSR count). The number of carboxylic acid groups (broad SMARTS) is 1. The lowest BCUT2D eigenvalue weighted by atomic mass is 10.1. The van der Waals surface area contributed by atoms with Crippen molar-refractivity contribution in [2.75, 3.05) is 0 Å². The van der Waals surface area contributed by atoms with E-state index in [1.165, 1.54) is 0 Å². The van der Waals surface area contributed by atoms with Gasteiger partial charge in [0.1, 0.15) is 0 Å². The largest absolute Gasteiger partial charge is 0.506 e. The summed E-state index contributed by atoms with van der Waals surface area (Å²) in [5.41, 5.74) is 0.412. The molecule has 0 spiro atoms. The van der Waals surface area contributed by atoms with Crippen molar-refractivity contribution in [1.82, 2.24) is 0 Å². The highest BCUT2D eigenvalue weighted by Gasteiger charge is 2.22. The van der Waals surface area contributed by atoms with Gasteiger partial charge in [-0.1, -0.05) is 30.3 Å². The Morgan fingerprint density at radius 1 is 1.29 bits per heavy atom. The van der Waals surface area contributed by atoms with Gasteiger partial charge in [-0.15, -0.1) is 0 Å². The Morgan fingerprint density at radius 3 is 2.29 bits per heavy atom. The fourth-order valence-electron chi connectivity index (χ4n) is 0.974. The van der Waals surface area contributed by atoms with Gasteiger partial charge in [-0.2, -0.15) is 0 Å². The molecule has 1 atom stereocenters. The van der Waals surface area contributed by atoms with Crippen LogP contribution in [0.4, 0.5) is 4.79 Å². The minimum Gasteiger partial charge on any atom is -0.450 e. The van der Waals surface area contributed by atoms with E-state index >= 15 is 0 Å². The smallest absolute Gasteiger partial charge is 0.450 e. The number of hydrogen-bond donors (Lipinski definition) is 1. The molecule has 74 valence electrons. The van der Waals surface area contributed by atoms with Crippen molar-refractivity contribution >= 4 is 23.0 Å². The highest BCUT2D eigenvalue weighted by molar-refractivity contribution is 6.64. The molecule has 0 heterocycles. The van der Waals surface area contributed by atoms with E-state index < -0.39 is 17.5 Å². The minimum absolute atomic E-state index is 0.412. The molecule has 0 aromatic heterocycles. The molecule has 0 aliphatic rings. The molecule has 0 aliphatic carbocycles. The first-order chi connectivity index (χ1) is 6.61. The number of halogens is 1. The van der Waals surface area contributed by atoms with Crippen LogP contribution in [0.2, 0.25) is 0 Å². The fraction of sp³-hybridized carbons (Fsp3) is 0.111. The van der Waals surface area contributed by atoms with Gasteiger partial charge in [-0.25, -0.2) is 4.79 Å². The SMILES string of the molecule is O=C(O)O[C@@H](C(=O)Cl)c1ccccc1. The maximum atomic E-state index is 10.9. The summed E-state index contributed by atoms with van der Waals surface area (Å²) < 4.78 is 4.33. The van der Waals surface area contributed by atoms with E-state index in [2.05, 4.69) is 4.74 Å². The maximum absolute atomic E-state index is 10.9. The van der Waals surface area contributed by atoms with Crippen LogP contribution in [-0.4, -0.2) is 16.5 Å². The van der Waals surface area contributed by atoms with Crippen molar-refractivity contribution in [1.29, 1.82) is 0 Å². The van der Waals surface area contributed by atoms with Gasteiger partial charge in [0, 0.05) is 5.56 Å². The Morgan fingerprint density at radius 2 is 1.86 bits per heavy atom. The Kier molecular flexibility index (Phi) is 3.48. The van der Waals surface area contributed by atoms with Gasteiger partial charge in [0.25, 0.3) is 5.24 Å². The van der Waals surface area contributed by atoms with E-state index in [4.69, 9.17) is 16.7 Å². The third kappa shape index (κ3) is 2.74. The van der Waals surface area contributed by atoms with Gasteiger partial charge in [-0.3, -0.25) is 4.79 Å². The van der Waals surface area contributed by atoms with Crippen LogP contribution in [0, 0.1) is 0 Å². The van der Waals surface area contributed by atoms with Crippen LogP contribution in [0.1, 0.15) is 11.7 Å². The molecule has 14 heavy (non-hydrogen) atoms. The van der Waals surface area contributed by atoms with Crippen molar-refractivity contribution in [3.8, 4) is 0 Å². The fourth-order valence-corrected chi connectivity index (χ4v) is 1.14. The van der Waals surface area contributed by atoms with E-state index in [0.717, 1.165) is 0 Å². The molecule has 0 bridgehead atoms. The van der Waals surface area contributed by atoms with Crippen LogP contribution < -0.4 is 0 Å². The van der Waals surface area contributed by atoms with Gasteiger partial charge < -0.3 is 9.84 Å². The van der Waals surface area contributed by atoms with Crippen molar-refractivity contribution in [2.24, 2.45) is 0 Å². The van der Waals surface area contributed by atoms with Crippen molar-refractivity contribution in [2.45, 2.75) is 6.10 Å². The first-order valence-corrected chi connectivity index (χ1v) is 4.13. The maximum Gasteiger partial charge on any atom is 0.506 e. The average Bonchev–Trinajstić information content (AvgIpc) is 2.15. The first-order valence-electron chi connectivity index (χ1n) is 3.75. The summed E-state index contributed by atoms with van der Waals surface area (Å²) in [5, 5.41) is 7.50. The summed E-state index contributed by atoms with van der Waals surface area (Å²) in [4.78, 5) is 21.1. The van der Waals surface area contributed by atoms with Crippen LogP contribution >= 0.6 is 11.6 Å². The Balaban J connectivity index is 2.89. The van der Waals surface area contributed by atoms with E-state index in [1.807, 2.05) is 0 Å². The number of ether oxygens (including phenoxy) is 1. The van der Waals surface area contributed by atoms with Gasteiger partial charge in [0.15, 0.2) is 0 Å². The van der Waals surface area contributed by atoms with Crippen molar-refractivity contribution in [3.63, 3.8) is 0 Å². The number of carbonyl (C=O) groups is 2. The molecule has 1 aromatic rings. The van der Waals surface area contributed by atoms with E-state index in [-0.39, 0.29) is 0 Å². The quantitative estimate of drug-likeness (QED) is 0.619. The second-order valence-corrected chi connectivity index (χ2v) is 2.85. The molecule has 1 aromatic carbocycles. The Hall–Kier alpha value is -1.55. The monoisotopic (exact) mass is 214 g/mol. The van der Waals surface area contributed by atoms with E-state index in [0.29, 0.717) is 5.56 Å². The van der Waals surface area contributed by atoms with Crippen LogP contribution in [0.15, 0.2) is 30.3 Å². The number of rotatable bonds is 3. The predicted octanol–water partition coefficient (Wildman–Crippen LogP) is 2.19. The third-order valence-corrected chi connectivity index (χ3v) is 1.73. The lowest BCUT2D eigenvalue weighted by molar-refractivity contribution is -0.120. The zero-order valence-electron chi connectivity index (χ0n) is 7.01. The molecule has 0 aliphatic heterocycles. The van der Waals surface area contributed by atoms with Crippen LogP contribution in [0.25, 0.3) is 0 Å². The summed E-state index contributed by atoms with van der Waals surface area (Å²) in [5.74, 6) is 0. The highest BCUT2D eigenvalue weighted by atomic mass is 35.5.